The first kappa shape index (κ1) is 14.2. The maximum Gasteiger partial charge on any atom is 0.325 e. The van der Waals surface area contributed by atoms with Gasteiger partial charge in [0.25, 0.3) is 0 Å². The molecule has 92 valence electrons. The molecule has 16 heavy (non-hydrogen) atoms. The SMILES string of the molecule is CCC[C@@H](NC(N)=O)C(=O)N[C@H](C)C(=O)O. The van der Waals surface area contributed by atoms with Crippen molar-refractivity contribution in [2.45, 2.75) is 38.8 Å². The van der Waals surface area contributed by atoms with Crippen LogP contribution in [0.4, 0.5) is 4.79 Å². The lowest BCUT2D eigenvalue weighted by molar-refractivity contribution is -0.141. The van der Waals surface area contributed by atoms with Gasteiger partial charge in [-0.15, -0.1) is 0 Å². The van der Waals surface area contributed by atoms with Gasteiger partial charge in [-0.25, -0.2) is 4.79 Å². The van der Waals surface area contributed by atoms with Crippen molar-refractivity contribution in [3.05, 3.63) is 0 Å². The summed E-state index contributed by atoms with van der Waals surface area (Å²) in [5, 5.41) is 13.1. The molecule has 7 nitrogen and oxygen atoms in total. The first-order chi connectivity index (χ1) is 7.38. The lowest BCUT2D eigenvalue weighted by Crippen LogP contribution is -2.51. The summed E-state index contributed by atoms with van der Waals surface area (Å²) in [7, 11) is 0. The molecule has 0 aromatic rings. The van der Waals surface area contributed by atoms with Crippen molar-refractivity contribution in [2.75, 3.05) is 0 Å². The topological polar surface area (TPSA) is 122 Å². The Hall–Kier alpha value is -1.79. The Kier molecular flexibility index (Phi) is 5.91. The second-order valence-electron chi connectivity index (χ2n) is 3.42. The van der Waals surface area contributed by atoms with E-state index < -0.39 is 30.0 Å². The molecule has 0 spiro atoms. The smallest absolute Gasteiger partial charge is 0.325 e. The number of nitrogens with two attached hydrogens (primary N) is 1. The molecule has 0 saturated heterocycles. The van der Waals surface area contributed by atoms with Gasteiger partial charge in [0.2, 0.25) is 5.91 Å². The van der Waals surface area contributed by atoms with Crippen molar-refractivity contribution in [1.29, 1.82) is 0 Å². The van der Waals surface area contributed by atoms with E-state index in [4.69, 9.17) is 10.8 Å². The first-order valence-electron chi connectivity index (χ1n) is 4.97. The molecule has 0 aromatic heterocycles. The molecule has 5 N–H and O–H groups in total. The van der Waals surface area contributed by atoms with Gasteiger partial charge in [0.1, 0.15) is 12.1 Å². The van der Waals surface area contributed by atoms with Crippen molar-refractivity contribution in [3.63, 3.8) is 0 Å². The summed E-state index contributed by atoms with van der Waals surface area (Å²) in [6.45, 7) is 3.18. The second kappa shape index (κ2) is 6.65. The molecule has 0 aliphatic rings. The lowest BCUT2D eigenvalue weighted by Gasteiger charge is -2.18. The van der Waals surface area contributed by atoms with Gasteiger partial charge in [-0.2, -0.15) is 0 Å². The zero-order valence-corrected chi connectivity index (χ0v) is 9.32. The van der Waals surface area contributed by atoms with Crippen LogP contribution in [0.15, 0.2) is 0 Å². The number of nitrogens with one attached hydrogen (secondary N) is 2. The zero-order chi connectivity index (χ0) is 12.7. The number of carbonyl (C=O) groups excluding carboxylic acids is 2. The quantitative estimate of drug-likeness (QED) is 0.488. The number of amides is 3. The summed E-state index contributed by atoms with van der Waals surface area (Å²) < 4.78 is 0. The predicted octanol–water partition coefficient (Wildman–Crippen LogP) is -0.587. The molecule has 3 amide bonds. The Morgan fingerprint density at radius 1 is 1.31 bits per heavy atom. The fourth-order valence-electron chi connectivity index (χ4n) is 1.10. The van der Waals surface area contributed by atoms with Crippen LogP contribution in [0, 0.1) is 0 Å². The number of primary amides is 1. The molecule has 0 fully saturated rings. The van der Waals surface area contributed by atoms with Gasteiger partial charge < -0.3 is 21.5 Å². The third-order valence-corrected chi connectivity index (χ3v) is 1.94. The molecule has 0 rings (SSSR count). The number of aliphatic carboxylic acids is 1. The number of carboxylic acids is 1. The van der Waals surface area contributed by atoms with Gasteiger partial charge in [0.05, 0.1) is 0 Å². The van der Waals surface area contributed by atoms with E-state index in [2.05, 4.69) is 10.6 Å². The highest BCUT2D eigenvalue weighted by molar-refractivity contribution is 5.89. The molecular formula is C9H17N3O4. The normalized spacial score (nSPS) is 13.6. The van der Waals surface area contributed by atoms with Crippen LogP contribution in [0.25, 0.3) is 0 Å². The Morgan fingerprint density at radius 3 is 2.25 bits per heavy atom. The average Bonchev–Trinajstić information content (AvgIpc) is 2.16. The summed E-state index contributed by atoms with van der Waals surface area (Å²) in [6.07, 6.45) is 1.07. The van der Waals surface area contributed by atoms with Crippen LogP contribution >= 0.6 is 0 Å². The third kappa shape index (κ3) is 5.18. The van der Waals surface area contributed by atoms with Crippen LogP contribution in [-0.4, -0.2) is 35.1 Å². The van der Waals surface area contributed by atoms with E-state index in [0.29, 0.717) is 12.8 Å². The Bertz CT molecular complexity index is 280. The van der Waals surface area contributed by atoms with Crippen molar-refractivity contribution in [1.82, 2.24) is 10.6 Å². The average molecular weight is 231 g/mol. The maximum absolute atomic E-state index is 11.5. The number of hydrogen-bond donors (Lipinski definition) is 4. The Balaban J connectivity index is 4.37. The molecule has 0 aliphatic heterocycles. The minimum Gasteiger partial charge on any atom is -0.480 e. The van der Waals surface area contributed by atoms with Gasteiger partial charge in [-0.05, 0) is 13.3 Å². The molecule has 0 aliphatic carbocycles. The second-order valence-corrected chi connectivity index (χ2v) is 3.42. The molecule has 0 radical (unpaired) electrons. The number of carboxylic acid groups (broad SMARTS) is 1. The summed E-state index contributed by atoms with van der Waals surface area (Å²) in [5.41, 5.74) is 4.91. The van der Waals surface area contributed by atoms with E-state index in [0.717, 1.165) is 0 Å². The number of urea groups is 1. The molecule has 2 atom stereocenters. The van der Waals surface area contributed by atoms with Crippen LogP contribution in [0.3, 0.4) is 0 Å². The number of hydrogen-bond acceptors (Lipinski definition) is 3. The molecule has 0 saturated carbocycles. The van der Waals surface area contributed by atoms with E-state index in [1.807, 2.05) is 6.92 Å². The van der Waals surface area contributed by atoms with Crippen molar-refractivity contribution in [3.8, 4) is 0 Å². The maximum atomic E-state index is 11.5. The van der Waals surface area contributed by atoms with E-state index >= 15 is 0 Å². The van der Waals surface area contributed by atoms with Crippen molar-refractivity contribution in [2.24, 2.45) is 5.73 Å². The predicted molar refractivity (Wildman–Crippen MR) is 56.7 cm³/mol. The Morgan fingerprint density at radius 2 is 1.88 bits per heavy atom. The third-order valence-electron chi connectivity index (χ3n) is 1.94. The first-order valence-corrected chi connectivity index (χ1v) is 4.97. The van der Waals surface area contributed by atoms with E-state index in [1.165, 1.54) is 6.92 Å². The van der Waals surface area contributed by atoms with Crippen LogP contribution in [0.1, 0.15) is 26.7 Å². The monoisotopic (exact) mass is 231 g/mol. The van der Waals surface area contributed by atoms with Crippen LogP contribution < -0.4 is 16.4 Å². The standard InChI is InChI=1S/C9H17N3O4/c1-3-4-6(12-9(10)16)7(13)11-5(2)8(14)15/h5-6H,3-4H2,1-2H3,(H,11,13)(H,14,15)(H3,10,12,16)/t5-,6-/m1/s1. The highest BCUT2D eigenvalue weighted by atomic mass is 16.4. The van der Waals surface area contributed by atoms with Crippen LogP contribution in [0.2, 0.25) is 0 Å². The van der Waals surface area contributed by atoms with Gasteiger partial charge in [0, 0.05) is 0 Å². The molecule has 0 bridgehead atoms. The van der Waals surface area contributed by atoms with Crippen molar-refractivity contribution < 1.29 is 19.5 Å². The van der Waals surface area contributed by atoms with Crippen LogP contribution in [0.5, 0.6) is 0 Å². The molecule has 0 aromatic carbocycles. The van der Waals surface area contributed by atoms with Gasteiger partial charge >= 0.3 is 12.0 Å². The van der Waals surface area contributed by atoms with Crippen molar-refractivity contribution >= 4 is 17.9 Å². The van der Waals surface area contributed by atoms with E-state index in [9.17, 15) is 14.4 Å². The minimum absolute atomic E-state index is 0.404. The Labute approximate surface area is 93.4 Å². The molecule has 0 unspecified atom stereocenters. The van der Waals surface area contributed by atoms with Gasteiger partial charge in [-0.3, -0.25) is 9.59 Å². The minimum atomic E-state index is -1.14. The highest BCUT2D eigenvalue weighted by Gasteiger charge is 2.22. The molecule has 7 heteroatoms. The largest absolute Gasteiger partial charge is 0.480 e. The van der Waals surface area contributed by atoms with Gasteiger partial charge in [-0.1, -0.05) is 13.3 Å². The lowest BCUT2D eigenvalue weighted by atomic mass is 10.1. The number of carbonyl (C=O) groups is 3. The highest BCUT2D eigenvalue weighted by Crippen LogP contribution is 1.97. The van der Waals surface area contributed by atoms with E-state index in [1.54, 1.807) is 0 Å². The zero-order valence-electron chi connectivity index (χ0n) is 9.32. The van der Waals surface area contributed by atoms with Crippen LogP contribution in [-0.2, 0) is 9.59 Å². The number of rotatable bonds is 6. The fraction of sp³-hybridized carbons (Fsp3) is 0.667. The summed E-state index contributed by atoms with van der Waals surface area (Å²) in [5.74, 6) is -1.68. The molecule has 0 heterocycles. The molecular weight excluding hydrogens is 214 g/mol. The fourth-order valence-corrected chi connectivity index (χ4v) is 1.10. The summed E-state index contributed by atoms with van der Waals surface area (Å²) >= 11 is 0. The summed E-state index contributed by atoms with van der Waals surface area (Å²) in [4.78, 5) is 32.7. The van der Waals surface area contributed by atoms with E-state index in [-0.39, 0.29) is 0 Å². The van der Waals surface area contributed by atoms with Gasteiger partial charge in [0.15, 0.2) is 0 Å². The summed E-state index contributed by atoms with van der Waals surface area (Å²) in [6, 6.07) is -2.59.